The number of amides is 2. The van der Waals surface area contributed by atoms with Gasteiger partial charge < -0.3 is 25.8 Å². The highest BCUT2D eigenvalue weighted by molar-refractivity contribution is 5.99. The maximum absolute atomic E-state index is 12.7. The Morgan fingerprint density at radius 2 is 1.85 bits per heavy atom. The predicted octanol–water partition coefficient (Wildman–Crippen LogP) is 2.47. The van der Waals surface area contributed by atoms with E-state index in [0.29, 0.717) is 43.2 Å². The molecule has 8 nitrogen and oxygen atoms in total. The van der Waals surface area contributed by atoms with Gasteiger partial charge in [-0.25, -0.2) is 0 Å². The smallest absolute Gasteiger partial charge is 0.256 e. The van der Waals surface area contributed by atoms with Crippen molar-refractivity contribution in [1.29, 1.82) is 0 Å². The van der Waals surface area contributed by atoms with E-state index in [1.54, 1.807) is 47.4 Å². The third-order valence-corrected chi connectivity index (χ3v) is 5.54. The number of hydrogen-bond acceptors (Lipinski definition) is 6. The number of nitrogens with zero attached hydrogens (tertiary/aromatic N) is 2. The predicted molar refractivity (Wildman–Crippen MR) is 129 cm³/mol. The summed E-state index contributed by atoms with van der Waals surface area (Å²) in [6.45, 7) is 4.39. The number of nitrogens with one attached hydrogen (secondary N) is 1. The lowest BCUT2D eigenvalue weighted by molar-refractivity contribution is -0.118. The number of para-hydroxylation sites is 1. The van der Waals surface area contributed by atoms with Gasteiger partial charge in [0.15, 0.2) is 11.5 Å². The Labute approximate surface area is 193 Å². The summed E-state index contributed by atoms with van der Waals surface area (Å²) in [7, 11) is 1.49. The number of hydrogen-bond donors (Lipinski definition) is 3. The van der Waals surface area contributed by atoms with Gasteiger partial charge >= 0.3 is 0 Å². The van der Waals surface area contributed by atoms with Crippen molar-refractivity contribution in [3.63, 3.8) is 0 Å². The molecule has 1 saturated heterocycles. The number of anilines is 1. The van der Waals surface area contributed by atoms with E-state index in [9.17, 15) is 14.7 Å². The lowest BCUT2D eigenvalue weighted by Crippen LogP contribution is -2.55. The highest BCUT2D eigenvalue weighted by atomic mass is 16.5. The topological polar surface area (TPSA) is 108 Å². The molecule has 1 aliphatic rings. The number of nitrogens with two attached hydrogens (primary N) is 1. The second-order valence-electron chi connectivity index (χ2n) is 7.75. The number of carbonyl (C=O) groups is 2. The molecule has 0 aromatic heterocycles. The number of phenols is 1. The Morgan fingerprint density at radius 3 is 2.55 bits per heavy atom. The highest BCUT2D eigenvalue weighted by Crippen LogP contribution is 2.26. The van der Waals surface area contributed by atoms with Crippen molar-refractivity contribution in [3.8, 4) is 11.5 Å². The van der Waals surface area contributed by atoms with Gasteiger partial charge in [-0.2, -0.15) is 0 Å². The monoisotopic (exact) mass is 450 g/mol. The van der Waals surface area contributed by atoms with Crippen LogP contribution in [0.4, 0.5) is 5.69 Å². The number of phenolic OH excluding ortho intramolecular Hbond substituents is 1. The molecule has 0 aliphatic carbocycles. The number of methoxy groups -OCH3 is 1. The molecule has 0 bridgehead atoms. The number of nitrogen functional groups attached to an aromatic ring is 1. The van der Waals surface area contributed by atoms with Crippen LogP contribution in [-0.2, 0) is 4.79 Å². The Bertz CT molecular complexity index is 1040. The largest absolute Gasteiger partial charge is 0.504 e. The van der Waals surface area contributed by atoms with Crippen molar-refractivity contribution < 1.29 is 19.4 Å². The van der Waals surface area contributed by atoms with Crippen molar-refractivity contribution in [2.24, 2.45) is 0 Å². The van der Waals surface area contributed by atoms with Crippen LogP contribution < -0.4 is 15.8 Å². The minimum Gasteiger partial charge on any atom is -0.504 e. The van der Waals surface area contributed by atoms with Gasteiger partial charge in [0.05, 0.1) is 18.8 Å². The van der Waals surface area contributed by atoms with Gasteiger partial charge in [-0.1, -0.05) is 36.4 Å². The molecular formula is C25H30N4O4. The zero-order chi connectivity index (χ0) is 23.8. The molecule has 3 rings (SSSR count). The molecular weight excluding hydrogens is 420 g/mol. The van der Waals surface area contributed by atoms with E-state index in [-0.39, 0.29) is 23.7 Å². The normalized spacial score (nSPS) is 15.6. The van der Waals surface area contributed by atoms with Crippen LogP contribution in [-0.4, -0.2) is 66.2 Å². The van der Waals surface area contributed by atoms with Gasteiger partial charge in [0.2, 0.25) is 5.91 Å². The minimum atomic E-state index is -0.203. The number of ether oxygens (including phenoxy) is 1. The maximum Gasteiger partial charge on any atom is 0.256 e. The fourth-order valence-electron chi connectivity index (χ4n) is 3.63. The molecule has 1 aliphatic heterocycles. The van der Waals surface area contributed by atoms with E-state index in [1.807, 2.05) is 25.1 Å². The average molecular weight is 451 g/mol. The van der Waals surface area contributed by atoms with Crippen LogP contribution >= 0.6 is 0 Å². The Kier molecular flexibility index (Phi) is 8.10. The summed E-state index contributed by atoms with van der Waals surface area (Å²) in [4.78, 5) is 28.9. The van der Waals surface area contributed by atoms with Gasteiger partial charge in [0, 0.05) is 37.9 Å². The van der Waals surface area contributed by atoms with Gasteiger partial charge in [0.1, 0.15) is 0 Å². The molecule has 0 radical (unpaired) electrons. The second-order valence-corrected chi connectivity index (χ2v) is 7.75. The fourth-order valence-corrected chi connectivity index (χ4v) is 3.63. The van der Waals surface area contributed by atoms with Gasteiger partial charge in [-0.3, -0.25) is 14.5 Å². The number of rotatable bonds is 7. The molecule has 1 atom stereocenters. The van der Waals surface area contributed by atoms with Gasteiger partial charge in [-0.15, -0.1) is 0 Å². The first-order chi connectivity index (χ1) is 15.9. The van der Waals surface area contributed by atoms with Crippen LogP contribution in [0, 0.1) is 0 Å². The molecule has 1 heterocycles. The summed E-state index contributed by atoms with van der Waals surface area (Å²) in [6, 6.07) is 12.1. The fraction of sp³-hybridized carbons (Fsp3) is 0.280. The molecule has 2 aromatic carbocycles. The lowest BCUT2D eigenvalue weighted by atomic mass is 10.1. The van der Waals surface area contributed by atoms with Gasteiger partial charge in [-0.05, 0) is 36.8 Å². The quantitative estimate of drug-likeness (QED) is 0.340. The summed E-state index contributed by atoms with van der Waals surface area (Å²) in [5, 5.41) is 12.6. The molecule has 4 N–H and O–H groups in total. The summed E-state index contributed by atoms with van der Waals surface area (Å²) >= 11 is 0. The molecule has 8 heteroatoms. The number of carbonyl (C=O) groups excluding carboxylic acids is 2. The van der Waals surface area contributed by atoms with Crippen LogP contribution in [0.25, 0.3) is 6.08 Å². The van der Waals surface area contributed by atoms with Crippen molar-refractivity contribution in [2.45, 2.75) is 13.1 Å². The first-order valence-electron chi connectivity index (χ1n) is 10.8. The van der Waals surface area contributed by atoms with E-state index in [2.05, 4.69) is 10.2 Å². The van der Waals surface area contributed by atoms with Crippen LogP contribution in [0.3, 0.4) is 0 Å². The van der Waals surface area contributed by atoms with Crippen molar-refractivity contribution >= 4 is 23.6 Å². The summed E-state index contributed by atoms with van der Waals surface area (Å²) in [5.41, 5.74) is 7.78. The zero-order valence-electron chi connectivity index (χ0n) is 18.9. The molecule has 0 saturated carbocycles. The summed E-state index contributed by atoms with van der Waals surface area (Å²) in [5.74, 6) is 0.200. The average Bonchev–Trinajstić information content (AvgIpc) is 2.82. The molecule has 2 amide bonds. The van der Waals surface area contributed by atoms with Gasteiger partial charge in [0.25, 0.3) is 5.91 Å². The Morgan fingerprint density at radius 1 is 1.12 bits per heavy atom. The number of allylic oxidation sites excluding steroid dienone is 2. The number of piperazine rings is 1. The van der Waals surface area contributed by atoms with Crippen LogP contribution in [0.2, 0.25) is 0 Å². The number of aromatic hydroxyl groups is 1. The third kappa shape index (κ3) is 6.36. The molecule has 2 aromatic rings. The first kappa shape index (κ1) is 23.9. The Balaban J connectivity index is 1.45. The van der Waals surface area contributed by atoms with Crippen LogP contribution in [0.15, 0.2) is 60.7 Å². The molecule has 174 valence electrons. The molecule has 33 heavy (non-hydrogen) atoms. The SMILES string of the molecule is COc1cc(C=CC=CC(=O)NC(C)N2CCN(C(=O)c3ccccc3N)CC2)ccc1O. The lowest BCUT2D eigenvalue weighted by Gasteiger charge is -2.38. The van der Waals surface area contributed by atoms with Crippen molar-refractivity contribution in [3.05, 3.63) is 71.8 Å². The van der Waals surface area contributed by atoms with E-state index in [0.717, 1.165) is 5.56 Å². The van der Waals surface area contributed by atoms with Crippen molar-refractivity contribution in [2.75, 3.05) is 39.0 Å². The van der Waals surface area contributed by atoms with Crippen LogP contribution in [0.5, 0.6) is 11.5 Å². The molecule has 1 fully saturated rings. The van der Waals surface area contributed by atoms with E-state index >= 15 is 0 Å². The molecule has 1 unspecified atom stereocenters. The summed E-state index contributed by atoms with van der Waals surface area (Å²) in [6.07, 6.45) is 6.51. The van der Waals surface area contributed by atoms with E-state index in [4.69, 9.17) is 10.5 Å². The molecule has 0 spiro atoms. The third-order valence-electron chi connectivity index (χ3n) is 5.54. The second kappa shape index (κ2) is 11.2. The van der Waals surface area contributed by atoms with Crippen LogP contribution in [0.1, 0.15) is 22.8 Å². The van der Waals surface area contributed by atoms with E-state index in [1.165, 1.54) is 13.2 Å². The minimum absolute atomic E-state index is 0.0644. The van der Waals surface area contributed by atoms with Crippen molar-refractivity contribution in [1.82, 2.24) is 15.1 Å². The number of benzene rings is 2. The Hall–Kier alpha value is -3.78. The van der Waals surface area contributed by atoms with E-state index < -0.39 is 0 Å². The highest BCUT2D eigenvalue weighted by Gasteiger charge is 2.25. The first-order valence-corrected chi connectivity index (χ1v) is 10.8. The zero-order valence-corrected chi connectivity index (χ0v) is 18.9. The standard InChI is InChI=1S/C25H30N4O4/c1-18(27-24(31)10-6-3-7-19-11-12-22(30)23(17-19)33-2)28-13-15-29(16-14-28)25(32)20-8-4-5-9-21(20)26/h3-12,17-18,30H,13-16,26H2,1-2H3,(H,27,31). The summed E-state index contributed by atoms with van der Waals surface area (Å²) < 4.78 is 5.08. The maximum atomic E-state index is 12.7.